The highest BCUT2D eigenvalue weighted by molar-refractivity contribution is 6.42. The van der Waals surface area contributed by atoms with Gasteiger partial charge in [0.25, 0.3) is 11.8 Å². The number of aryl methyl sites for hydroxylation is 2. The van der Waals surface area contributed by atoms with Gasteiger partial charge in [-0.25, -0.2) is 0 Å². The molecule has 0 aromatic heterocycles. The van der Waals surface area contributed by atoms with E-state index < -0.39 is 6.10 Å². The van der Waals surface area contributed by atoms with Crippen molar-refractivity contribution in [2.24, 2.45) is 0 Å². The van der Waals surface area contributed by atoms with E-state index in [2.05, 4.69) is 4.90 Å². The molecule has 3 aliphatic heterocycles. The van der Waals surface area contributed by atoms with Crippen LogP contribution < -0.4 is 0 Å². The topological polar surface area (TPSA) is 84.4 Å². The number of piperazine rings is 2. The van der Waals surface area contributed by atoms with Gasteiger partial charge < -0.3 is 19.8 Å². The van der Waals surface area contributed by atoms with Crippen molar-refractivity contribution in [2.75, 3.05) is 39.3 Å². The number of fused-ring (bicyclic) bond motifs is 2. The third-order valence-electron chi connectivity index (χ3n) is 9.59. The Hall–Kier alpha value is -3.43. The zero-order chi connectivity index (χ0) is 32.5. The second kappa shape index (κ2) is 13.7. The molecule has 3 heterocycles. The lowest BCUT2D eigenvalue weighted by Crippen LogP contribution is -2.54. The number of aliphatic hydroxyl groups excluding tert-OH is 1. The highest BCUT2D eigenvalue weighted by atomic mass is 35.5. The summed E-state index contributed by atoms with van der Waals surface area (Å²) in [7, 11) is 0. The highest BCUT2D eigenvalue weighted by Crippen LogP contribution is 2.34. The van der Waals surface area contributed by atoms with Crippen LogP contribution in [-0.2, 0) is 16.0 Å². The first-order valence-electron chi connectivity index (χ1n) is 16.0. The molecule has 6 rings (SSSR count). The van der Waals surface area contributed by atoms with E-state index in [1.54, 1.807) is 12.1 Å². The van der Waals surface area contributed by atoms with Crippen LogP contribution in [0.25, 0.3) is 0 Å². The van der Waals surface area contributed by atoms with Crippen molar-refractivity contribution < 1.29 is 19.5 Å². The average Bonchev–Trinajstić information content (AvgIpc) is 3.65. The average molecular weight is 664 g/mol. The van der Waals surface area contributed by atoms with Gasteiger partial charge >= 0.3 is 0 Å². The van der Waals surface area contributed by atoms with Crippen molar-refractivity contribution in [3.8, 4) is 0 Å². The van der Waals surface area contributed by atoms with E-state index in [1.807, 2.05) is 83.1 Å². The number of hydrogen-bond donors (Lipinski definition) is 1. The van der Waals surface area contributed by atoms with E-state index in [9.17, 15) is 19.5 Å². The molecule has 3 saturated heterocycles. The summed E-state index contributed by atoms with van der Waals surface area (Å²) in [5.74, 6) is -0.251. The SMILES string of the molecule is Cc1cc(C)cc(C(=O)N2CCN(C(=O)CCN3CC4CC3CN4C(=O)C(O)Cc3ccccc3)C(c3ccc(Cl)c(Cl)c3)C2)c1. The first-order chi connectivity index (χ1) is 22.1. The first-order valence-corrected chi connectivity index (χ1v) is 16.7. The molecule has 10 heteroatoms. The van der Waals surface area contributed by atoms with Crippen LogP contribution in [0.15, 0.2) is 66.7 Å². The van der Waals surface area contributed by atoms with Gasteiger partial charge in [0.1, 0.15) is 6.10 Å². The lowest BCUT2D eigenvalue weighted by molar-refractivity contribution is -0.143. The number of carbonyl (C=O) groups is 3. The predicted octanol–water partition coefficient (Wildman–Crippen LogP) is 4.91. The summed E-state index contributed by atoms with van der Waals surface area (Å²) in [6.07, 6.45) is 0.422. The van der Waals surface area contributed by atoms with Crippen LogP contribution in [0.1, 0.15) is 51.5 Å². The molecule has 1 N–H and O–H groups in total. The van der Waals surface area contributed by atoms with E-state index >= 15 is 0 Å². The third kappa shape index (κ3) is 6.95. The molecule has 8 nitrogen and oxygen atoms in total. The zero-order valence-corrected chi connectivity index (χ0v) is 27.8. The van der Waals surface area contributed by atoms with E-state index in [4.69, 9.17) is 23.2 Å². The van der Waals surface area contributed by atoms with Gasteiger partial charge in [-0.15, -0.1) is 0 Å². The van der Waals surface area contributed by atoms with Crippen LogP contribution in [0.5, 0.6) is 0 Å². The summed E-state index contributed by atoms with van der Waals surface area (Å²) in [4.78, 5) is 48.3. The summed E-state index contributed by atoms with van der Waals surface area (Å²) < 4.78 is 0. The molecule has 3 aromatic carbocycles. The van der Waals surface area contributed by atoms with Crippen molar-refractivity contribution in [1.82, 2.24) is 19.6 Å². The summed E-state index contributed by atoms with van der Waals surface area (Å²) in [6, 6.07) is 20.7. The summed E-state index contributed by atoms with van der Waals surface area (Å²) >= 11 is 12.6. The Morgan fingerprint density at radius 1 is 0.848 bits per heavy atom. The van der Waals surface area contributed by atoms with E-state index in [-0.39, 0.29) is 35.8 Å². The van der Waals surface area contributed by atoms with Crippen molar-refractivity contribution in [3.63, 3.8) is 0 Å². The summed E-state index contributed by atoms with van der Waals surface area (Å²) in [6.45, 7) is 7.01. The Morgan fingerprint density at radius 3 is 2.26 bits per heavy atom. The Bertz CT molecular complexity index is 1600. The second-order valence-corrected chi connectivity index (χ2v) is 13.7. The molecule has 4 unspecified atom stereocenters. The molecule has 3 aromatic rings. The fraction of sp³-hybridized carbons (Fsp3) is 0.417. The quantitative estimate of drug-likeness (QED) is 0.371. The van der Waals surface area contributed by atoms with Gasteiger partial charge in [-0.3, -0.25) is 19.3 Å². The highest BCUT2D eigenvalue weighted by Gasteiger charge is 2.46. The first kappa shape index (κ1) is 32.5. The van der Waals surface area contributed by atoms with E-state index in [1.165, 1.54) is 0 Å². The van der Waals surface area contributed by atoms with Crippen molar-refractivity contribution in [3.05, 3.63) is 105 Å². The minimum absolute atomic E-state index is 0.0172. The maximum atomic E-state index is 13.8. The number of likely N-dealkylation sites (tertiary alicyclic amines) is 2. The predicted molar refractivity (Wildman–Crippen MR) is 179 cm³/mol. The minimum atomic E-state index is -1.06. The minimum Gasteiger partial charge on any atom is -0.383 e. The number of aliphatic hydroxyl groups is 1. The van der Waals surface area contributed by atoms with Crippen LogP contribution in [0, 0.1) is 13.8 Å². The van der Waals surface area contributed by atoms with Gasteiger partial charge in [0.2, 0.25) is 5.91 Å². The Labute approximate surface area is 280 Å². The maximum Gasteiger partial charge on any atom is 0.254 e. The molecule has 3 fully saturated rings. The molecule has 0 aliphatic carbocycles. The maximum absolute atomic E-state index is 13.8. The molecule has 46 heavy (non-hydrogen) atoms. The van der Waals surface area contributed by atoms with Crippen LogP contribution in [0.2, 0.25) is 10.0 Å². The van der Waals surface area contributed by atoms with Crippen LogP contribution >= 0.6 is 23.2 Å². The fourth-order valence-electron chi connectivity index (χ4n) is 7.34. The fourth-order valence-corrected chi connectivity index (χ4v) is 7.65. The van der Waals surface area contributed by atoms with Crippen molar-refractivity contribution in [1.29, 1.82) is 0 Å². The van der Waals surface area contributed by atoms with Gasteiger partial charge in [-0.2, -0.15) is 0 Å². The van der Waals surface area contributed by atoms with Crippen LogP contribution in [0.3, 0.4) is 0 Å². The number of halogens is 2. The number of amides is 3. The number of nitrogens with zero attached hydrogens (tertiary/aromatic N) is 4. The Kier molecular flexibility index (Phi) is 9.71. The largest absolute Gasteiger partial charge is 0.383 e. The number of rotatable bonds is 8. The van der Waals surface area contributed by atoms with Crippen molar-refractivity contribution >= 4 is 40.9 Å². The molecule has 3 aliphatic rings. The normalized spacial score (nSPS) is 21.9. The van der Waals surface area contributed by atoms with Gasteiger partial charge in [0, 0.05) is 69.8 Å². The monoisotopic (exact) mass is 662 g/mol. The lowest BCUT2D eigenvalue weighted by Gasteiger charge is -2.42. The molecule has 242 valence electrons. The van der Waals surface area contributed by atoms with Gasteiger partial charge in [-0.05, 0) is 55.7 Å². The molecule has 3 amide bonds. The molecule has 0 spiro atoms. The van der Waals surface area contributed by atoms with Crippen LogP contribution in [-0.4, -0.2) is 99.9 Å². The third-order valence-corrected chi connectivity index (χ3v) is 10.3. The van der Waals surface area contributed by atoms with Crippen LogP contribution in [0.4, 0.5) is 0 Å². The smallest absolute Gasteiger partial charge is 0.254 e. The number of hydrogen-bond acceptors (Lipinski definition) is 5. The van der Waals surface area contributed by atoms with Crippen molar-refractivity contribution in [2.45, 2.75) is 57.3 Å². The second-order valence-electron chi connectivity index (χ2n) is 12.9. The molecule has 4 atom stereocenters. The molecular formula is C36H40Cl2N4O4. The van der Waals surface area contributed by atoms with Gasteiger partial charge in [0.15, 0.2) is 0 Å². The summed E-state index contributed by atoms with van der Waals surface area (Å²) in [5.41, 5.74) is 4.48. The standard InChI is InChI=1S/C36H40Cl2N4O4/c1-23-14-24(2)16-27(15-23)35(45)40-12-13-41(32(22-40)26-8-9-30(37)31(38)18-26)34(44)10-11-39-20-29-19-28(39)21-42(29)36(46)33(43)17-25-6-4-3-5-7-25/h3-9,14-16,18,28-29,32-33,43H,10-13,17,19-22H2,1-2H3. The molecule has 0 saturated carbocycles. The van der Waals surface area contributed by atoms with E-state index in [0.29, 0.717) is 67.7 Å². The molecule has 0 radical (unpaired) electrons. The summed E-state index contributed by atoms with van der Waals surface area (Å²) in [5, 5.41) is 11.5. The Balaban J connectivity index is 1.09. The molecule has 2 bridgehead atoms. The Morgan fingerprint density at radius 2 is 1.59 bits per heavy atom. The van der Waals surface area contributed by atoms with E-state index in [0.717, 1.165) is 28.7 Å². The number of benzene rings is 3. The van der Waals surface area contributed by atoms with Gasteiger partial charge in [-0.1, -0.05) is 76.8 Å². The molecular weight excluding hydrogens is 623 g/mol. The van der Waals surface area contributed by atoms with Gasteiger partial charge in [0.05, 0.1) is 16.1 Å². The zero-order valence-electron chi connectivity index (χ0n) is 26.2. The lowest BCUT2D eigenvalue weighted by atomic mass is 10.00. The number of carbonyl (C=O) groups excluding carboxylic acids is 3.